The Morgan fingerprint density at radius 2 is 1.70 bits per heavy atom. The van der Waals surface area contributed by atoms with Crippen LogP contribution in [0.5, 0.6) is 0 Å². The third kappa shape index (κ3) is 2.87. The maximum Gasteiger partial charge on any atom is 0.168 e. The van der Waals surface area contributed by atoms with Crippen LogP contribution in [-0.2, 0) is 14.3 Å². The van der Waals surface area contributed by atoms with Gasteiger partial charge < -0.3 is 4.74 Å². The lowest BCUT2D eigenvalue weighted by atomic mass is 9.64. The van der Waals surface area contributed by atoms with Crippen molar-refractivity contribution >= 4 is 23.2 Å². The van der Waals surface area contributed by atoms with Crippen molar-refractivity contribution in [1.82, 2.24) is 0 Å². The molecule has 1 aromatic rings. The molecule has 0 fully saturated rings. The Morgan fingerprint density at radius 3 is 2.41 bits per heavy atom. The zero-order valence-corrected chi connectivity index (χ0v) is 17.1. The van der Waals surface area contributed by atoms with Gasteiger partial charge in [0.2, 0.25) is 0 Å². The minimum Gasteiger partial charge on any atom is -0.465 e. The van der Waals surface area contributed by atoms with Gasteiger partial charge in [-0.05, 0) is 30.5 Å². The topological polar surface area (TPSA) is 43.4 Å². The number of rotatable bonds is 1. The van der Waals surface area contributed by atoms with Crippen LogP contribution in [0.15, 0.2) is 46.9 Å². The van der Waals surface area contributed by atoms with E-state index in [4.69, 9.17) is 16.3 Å². The average molecular weight is 385 g/mol. The summed E-state index contributed by atoms with van der Waals surface area (Å²) in [6.45, 7) is 8.18. The quantitative estimate of drug-likeness (QED) is 0.620. The number of hydrogen-bond acceptors (Lipinski definition) is 3. The van der Waals surface area contributed by atoms with E-state index in [0.29, 0.717) is 29.0 Å². The molecule has 1 unspecified atom stereocenters. The molecule has 0 spiro atoms. The van der Waals surface area contributed by atoms with E-state index >= 15 is 0 Å². The average Bonchev–Trinajstić information content (AvgIpc) is 2.60. The van der Waals surface area contributed by atoms with Crippen molar-refractivity contribution < 1.29 is 14.3 Å². The molecule has 0 saturated heterocycles. The van der Waals surface area contributed by atoms with Crippen molar-refractivity contribution in [3.8, 4) is 0 Å². The first-order valence-corrected chi connectivity index (χ1v) is 9.99. The summed E-state index contributed by atoms with van der Waals surface area (Å²) in [6, 6.07) is 7.52. The second-order valence-electron chi connectivity index (χ2n) is 9.19. The van der Waals surface area contributed by atoms with Gasteiger partial charge in [-0.2, -0.15) is 0 Å². The predicted octanol–water partition coefficient (Wildman–Crippen LogP) is 5.74. The van der Waals surface area contributed by atoms with Gasteiger partial charge in [-0.3, -0.25) is 9.59 Å². The number of carbonyl (C=O) groups excluding carboxylic acids is 2. The molecule has 142 valence electrons. The van der Waals surface area contributed by atoms with Crippen molar-refractivity contribution in [3.63, 3.8) is 0 Å². The number of ether oxygens (including phenoxy) is 1. The van der Waals surface area contributed by atoms with Gasteiger partial charge in [0.05, 0.1) is 0 Å². The number of allylic oxidation sites excluding steroid dienone is 4. The Morgan fingerprint density at radius 1 is 1.00 bits per heavy atom. The number of benzene rings is 1. The fourth-order valence-electron chi connectivity index (χ4n) is 4.50. The Balaban J connectivity index is 1.98. The molecule has 4 heteroatoms. The molecule has 1 heterocycles. The molecule has 1 aliphatic heterocycles. The van der Waals surface area contributed by atoms with E-state index in [2.05, 4.69) is 13.8 Å². The van der Waals surface area contributed by atoms with E-state index in [-0.39, 0.29) is 22.9 Å². The first-order chi connectivity index (χ1) is 12.6. The lowest BCUT2D eigenvalue weighted by Crippen LogP contribution is -2.40. The number of carbonyl (C=O) groups is 2. The normalized spacial score (nSPS) is 26.5. The van der Waals surface area contributed by atoms with Gasteiger partial charge in [0.1, 0.15) is 11.5 Å². The van der Waals surface area contributed by atoms with E-state index in [1.165, 1.54) is 0 Å². The summed E-state index contributed by atoms with van der Waals surface area (Å²) in [5.41, 5.74) is 1.51. The van der Waals surface area contributed by atoms with E-state index in [1.807, 2.05) is 38.1 Å². The Bertz CT molecular complexity index is 917. The highest BCUT2D eigenvalue weighted by atomic mass is 35.5. The fraction of sp³-hybridized carbons (Fsp3) is 0.478. The highest BCUT2D eigenvalue weighted by molar-refractivity contribution is 6.30. The van der Waals surface area contributed by atoms with Crippen molar-refractivity contribution in [2.45, 2.75) is 59.3 Å². The summed E-state index contributed by atoms with van der Waals surface area (Å²) >= 11 is 6.27. The summed E-state index contributed by atoms with van der Waals surface area (Å²) in [4.78, 5) is 26.4. The molecule has 1 atom stereocenters. The third-order valence-corrected chi connectivity index (χ3v) is 6.49. The number of hydrogen-bond donors (Lipinski definition) is 0. The fourth-order valence-corrected chi connectivity index (χ4v) is 4.70. The van der Waals surface area contributed by atoms with E-state index in [0.717, 1.165) is 29.9 Å². The van der Waals surface area contributed by atoms with E-state index in [9.17, 15) is 9.59 Å². The molecule has 2 aliphatic carbocycles. The van der Waals surface area contributed by atoms with Gasteiger partial charge in [0, 0.05) is 45.8 Å². The molecule has 0 amide bonds. The van der Waals surface area contributed by atoms with Crippen LogP contribution in [-0.4, -0.2) is 11.6 Å². The molecule has 1 aromatic carbocycles. The molecule has 3 aliphatic rings. The van der Waals surface area contributed by atoms with Gasteiger partial charge in [-0.15, -0.1) is 0 Å². The van der Waals surface area contributed by atoms with Gasteiger partial charge >= 0.3 is 0 Å². The second-order valence-corrected chi connectivity index (χ2v) is 9.63. The van der Waals surface area contributed by atoms with Crippen LogP contribution in [0, 0.1) is 10.8 Å². The largest absolute Gasteiger partial charge is 0.465 e. The lowest BCUT2D eigenvalue weighted by molar-refractivity contribution is -0.125. The highest BCUT2D eigenvalue weighted by Gasteiger charge is 2.50. The van der Waals surface area contributed by atoms with Gasteiger partial charge in [-0.1, -0.05) is 51.4 Å². The SMILES string of the molecule is CC1(C)CCC2=C(C1=O)C(c1cccc(Cl)c1)C1=C(O2)C(C)(C)CCC1=O. The summed E-state index contributed by atoms with van der Waals surface area (Å²) in [5, 5.41) is 0.605. The first kappa shape index (κ1) is 18.5. The number of halogens is 1. The molecule has 4 rings (SSSR count). The van der Waals surface area contributed by atoms with Crippen LogP contribution in [0.4, 0.5) is 0 Å². The van der Waals surface area contributed by atoms with Crippen molar-refractivity contribution in [1.29, 1.82) is 0 Å². The van der Waals surface area contributed by atoms with E-state index < -0.39 is 5.41 Å². The monoisotopic (exact) mass is 384 g/mol. The molecular weight excluding hydrogens is 360 g/mol. The van der Waals surface area contributed by atoms with Crippen molar-refractivity contribution in [2.24, 2.45) is 10.8 Å². The van der Waals surface area contributed by atoms with Gasteiger partial charge in [0.25, 0.3) is 0 Å². The summed E-state index contributed by atoms with van der Waals surface area (Å²) in [6.07, 6.45) is 2.71. The Labute approximate surface area is 165 Å². The molecule has 3 nitrogen and oxygen atoms in total. The molecule has 0 N–H and O–H groups in total. The summed E-state index contributed by atoms with van der Waals surface area (Å²) in [7, 11) is 0. The maximum absolute atomic E-state index is 13.4. The second kappa shape index (κ2) is 6.07. The van der Waals surface area contributed by atoms with Crippen molar-refractivity contribution in [3.05, 3.63) is 57.5 Å². The zero-order valence-electron chi connectivity index (χ0n) is 16.3. The van der Waals surface area contributed by atoms with Gasteiger partial charge in [-0.25, -0.2) is 0 Å². The van der Waals surface area contributed by atoms with E-state index in [1.54, 1.807) is 0 Å². The molecule has 0 radical (unpaired) electrons. The molecular formula is C23H25ClO3. The minimum absolute atomic E-state index is 0.0801. The van der Waals surface area contributed by atoms with Crippen LogP contribution < -0.4 is 0 Å². The molecule has 0 aromatic heterocycles. The number of ketones is 2. The first-order valence-electron chi connectivity index (χ1n) is 9.61. The third-order valence-electron chi connectivity index (χ3n) is 6.26. The minimum atomic E-state index is -0.454. The van der Waals surface area contributed by atoms with Gasteiger partial charge in [0.15, 0.2) is 11.6 Å². The summed E-state index contributed by atoms with van der Waals surface area (Å²) < 4.78 is 6.31. The van der Waals surface area contributed by atoms with Crippen LogP contribution >= 0.6 is 11.6 Å². The maximum atomic E-state index is 13.4. The Kier molecular flexibility index (Phi) is 4.15. The predicted molar refractivity (Wildman–Crippen MR) is 105 cm³/mol. The van der Waals surface area contributed by atoms with Crippen LogP contribution in [0.25, 0.3) is 0 Å². The van der Waals surface area contributed by atoms with Crippen LogP contribution in [0.2, 0.25) is 5.02 Å². The number of Topliss-reactive ketones (excluding diaryl/α,β-unsaturated/α-hetero) is 2. The standard InChI is InChI=1S/C23H25ClO3/c1-22(2)11-9-16-19(20(22)26)17(13-6-5-7-14(24)12-13)18-15(25)8-10-23(3,4)21(18)27-16/h5-7,12,17H,8-11H2,1-4H3. The zero-order chi connectivity index (χ0) is 19.6. The summed E-state index contributed by atoms with van der Waals surface area (Å²) in [5.74, 6) is 1.26. The highest BCUT2D eigenvalue weighted by Crippen LogP contribution is 2.54. The van der Waals surface area contributed by atoms with Crippen LogP contribution in [0.3, 0.4) is 0 Å². The Hall–Kier alpha value is -1.87. The molecule has 0 bridgehead atoms. The van der Waals surface area contributed by atoms with Crippen LogP contribution in [0.1, 0.15) is 64.9 Å². The molecule has 27 heavy (non-hydrogen) atoms. The van der Waals surface area contributed by atoms with Crippen molar-refractivity contribution in [2.75, 3.05) is 0 Å². The smallest absolute Gasteiger partial charge is 0.168 e. The molecule has 0 saturated carbocycles. The lowest BCUT2D eigenvalue weighted by Gasteiger charge is -2.44.